The van der Waals surface area contributed by atoms with Crippen LogP contribution in [0, 0.1) is 13.8 Å². The number of pyridine rings is 1. The summed E-state index contributed by atoms with van der Waals surface area (Å²) in [5.74, 6) is -0.0415. The van der Waals surface area contributed by atoms with Crippen molar-refractivity contribution in [3.63, 3.8) is 0 Å². The maximum atomic E-state index is 13.1. The lowest BCUT2D eigenvalue weighted by atomic mass is 10.0. The van der Waals surface area contributed by atoms with Crippen molar-refractivity contribution in [1.82, 2.24) is 14.8 Å². The van der Waals surface area contributed by atoms with E-state index in [9.17, 15) is 9.59 Å². The van der Waals surface area contributed by atoms with Gasteiger partial charge in [-0.25, -0.2) is 0 Å². The van der Waals surface area contributed by atoms with Gasteiger partial charge in [0.2, 0.25) is 5.91 Å². The zero-order valence-electron chi connectivity index (χ0n) is 17.4. The third kappa shape index (κ3) is 5.21. The summed E-state index contributed by atoms with van der Waals surface area (Å²) in [6.45, 7) is 5.79. The van der Waals surface area contributed by atoms with Crippen LogP contribution < -0.4 is 0 Å². The van der Waals surface area contributed by atoms with Gasteiger partial charge >= 0.3 is 0 Å². The standard InChI is InChI=1S/C23H29N3O3/c1-17-8-9-20(12-18(17)2)23(28)25-11-5-7-21(15-25)26(22(27)16-29-3)14-19-6-4-10-24-13-19/h4,6,8-10,12-13,21H,5,7,11,14-16H2,1-3H3. The zero-order valence-corrected chi connectivity index (χ0v) is 17.4. The fraction of sp³-hybridized carbons (Fsp3) is 0.435. The number of rotatable bonds is 6. The maximum Gasteiger partial charge on any atom is 0.253 e. The Morgan fingerprint density at radius 3 is 2.76 bits per heavy atom. The van der Waals surface area contributed by atoms with E-state index < -0.39 is 0 Å². The van der Waals surface area contributed by atoms with E-state index in [2.05, 4.69) is 4.98 Å². The predicted molar refractivity (Wildman–Crippen MR) is 112 cm³/mol. The normalized spacial score (nSPS) is 16.5. The van der Waals surface area contributed by atoms with Crippen LogP contribution in [0.25, 0.3) is 0 Å². The molecule has 6 nitrogen and oxygen atoms in total. The molecule has 1 atom stereocenters. The first-order valence-corrected chi connectivity index (χ1v) is 10.0. The van der Waals surface area contributed by atoms with Crippen molar-refractivity contribution >= 4 is 11.8 Å². The third-order valence-electron chi connectivity index (χ3n) is 5.54. The molecule has 1 unspecified atom stereocenters. The SMILES string of the molecule is COCC(=O)N(Cc1cccnc1)C1CCCN(C(=O)c2ccc(C)c(C)c2)C1. The van der Waals surface area contributed by atoms with E-state index in [1.807, 2.05) is 54.0 Å². The van der Waals surface area contributed by atoms with Crippen LogP contribution >= 0.6 is 0 Å². The van der Waals surface area contributed by atoms with E-state index in [1.54, 1.807) is 12.4 Å². The second-order valence-electron chi connectivity index (χ2n) is 7.66. The molecule has 1 saturated heterocycles. The average Bonchev–Trinajstić information content (AvgIpc) is 2.74. The summed E-state index contributed by atoms with van der Waals surface area (Å²) in [4.78, 5) is 33.7. The Balaban J connectivity index is 1.77. The first-order chi connectivity index (χ1) is 14.0. The average molecular weight is 396 g/mol. The van der Waals surface area contributed by atoms with Crippen LogP contribution in [0.2, 0.25) is 0 Å². The molecule has 0 N–H and O–H groups in total. The number of carbonyl (C=O) groups is 2. The molecule has 0 radical (unpaired) electrons. The van der Waals surface area contributed by atoms with Gasteiger partial charge in [0, 0.05) is 50.7 Å². The van der Waals surface area contributed by atoms with Crippen LogP contribution in [0.15, 0.2) is 42.7 Å². The van der Waals surface area contributed by atoms with Crippen LogP contribution in [0.3, 0.4) is 0 Å². The number of hydrogen-bond donors (Lipinski definition) is 0. The second-order valence-corrected chi connectivity index (χ2v) is 7.66. The summed E-state index contributed by atoms with van der Waals surface area (Å²) in [7, 11) is 1.52. The predicted octanol–water partition coefficient (Wildman–Crippen LogP) is 2.98. The quantitative estimate of drug-likeness (QED) is 0.754. The number of methoxy groups -OCH3 is 1. The van der Waals surface area contributed by atoms with E-state index in [0.29, 0.717) is 25.2 Å². The molecule has 1 aromatic carbocycles. The third-order valence-corrected chi connectivity index (χ3v) is 5.54. The number of hydrogen-bond acceptors (Lipinski definition) is 4. The summed E-state index contributed by atoms with van der Waals surface area (Å²) in [6, 6.07) is 9.61. The summed E-state index contributed by atoms with van der Waals surface area (Å²) in [5, 5.41) is 0. The summed E-state index contributed by atoms with van der Waals surface area (Å²) >= 11 is 0. The smallest absolute Gasteiger partial charge is 0.253 e. The first kappa shape index (κ1) is 21.0. The molecular formula is C23H29N3O3. The lowest BCUT2D eigenvalue weighted by molar-refractivity contribution is -0.139. The van der Waals surface area contributed by atoms with Gasteiger partial charge in [0.15, 0.2) is 0 Å². The van der Waals surface area contributed by atoms with Gasteiger partial charge in [-0.1, -0.05) is 12.1 Å². The minimum absolute atomic E-state index is 0.0262. The molecule has 0 aliphatic carbocycles. The number of nitrogens with zero attached hydrogens (tertiary/aromatic N) is 3. The number of aryl methyl sites for hydroxylation is 2. The number of likely N-dealkylation sites (tertiary alicyclic amines) is 1. The largest absolute Gasteiger partial charge is 0.375 e. The van der Waals surface area contributed by atoms with Gasteiger partial charge in [0.05, 0.1) is 0 Å². The lowest BCUT2D eigenvalue weighted by Crippen LogP contribution is -2.52. The number of benzene rings is 1. The van der Waals surface area contributed by atoms with Gasteiger partial charge < -0.3 is 14.5 Å². The Labute approximate surface area is 172 Å². The number of ether oxygens (including phenoxy) is 1. The number of piperidine rings is 1. The van der Waals surface area contributed by atoms with Gasteiger partial charge in [-0.15, -0.1) is 0 Å². The molecule has 0 saturated carbocycles. The highest BCUT2D eigenvalue weighted by Crippen LogP contribution is 2.21. The fourth-order valence-corrected chi connectivity index (χ4v) is 3.77. The van der Waals surface area contributed by atoms with E-state index in [0.717, 1.165) is 24.0 Å². The van der Waals surface area contributed by atoms with Crippen LogP contribution in [0.1, 0.15) is 39.9 Å². The van der Waals surface area contributed by atoms with E-state index in [-0.39, 0.29) is 24.5 Å². The summed E-state index contributed by atoms with van der Waals surface area (Å²) in [6.07, 6.45) is 5.22. The molecule has 1 fully saturated rings. The molecule has 3 rings (SSSR count). The molecule has 2 amide bonds. The number of amides is 2. The lowest BCUT2D eigenvalue weighted by Gasteiger charge is -2.39. The van der Waals surface area contributed by atoms with Crippen LogP contribution in [0.5, 0.6) is 0 Å². The Morgan fingerprint density at radius 2 is 2.07 bits per heavy atom. The molecular weight excluding hydrogens is 366 g/mol. The Hall–Kier alpha value is -2.73. The first-order valence-electron chi connectivity index (χ1n) is 10.0. The van der Waals surface area contributed by atoms with Gasteiger partial charge in [-0.05, 0) is 61.6 Å². The van der Waals surface area contributed by atoms with Crippen LogP contribution in [-0.2, 0) is 16.1 Å². The van der Waals surface area contributed by atoms with E-state index in [1.165, 1.54) is 12.7 Å². The Morgan fingerprint density at radius 1 is 1.24 bits per heavy atom. The molecule has 1 aliphatic rings. The minimum Gasteiger partial charge on any atom is -0.375 e. The van der Waals surface area contributed by atoms with Gasteiger partial charge in [-0.2, -0.15) is 0 Å². The van der Waals surface area contributed by atoms with Gasteiger partial charge in [0.25, 0.3) is 5.91 Å². The summed E-state index contributed by atoms with van der Waals surface area (Å²) in [5.41, 5.74) is 3.95. The molecule has 1 aliphatic heterocycles. The monoisotopic (exact) mass is 395 g/mol. The molecule has 0 bridgehead atoms. The summed E-state index contributed by atoms with van der Waals surface area (Å²) < 4.78 is 5.09. The van der Waals surface area contributed by atoms with Crippen molar-refractivity contribution in [3.8, 4) is 0 Å². The highest BCUT2D eigenvalue weighted by molar-refractivity contribution is 5.94. The van der Waals surface area contributed by atoms with Crippen molar-refractivity contribution in [2.75, 3.05) is 26.8 Å². The Kier molecular flexibility index (Phi) is 6.99. The molecule has 2 aromatic rings. The van der Waals surface area contributed by atoms with Gasteiger partial charge in [-0.3, -0.25) is 14.6 Å². The fourth-order valence-electron chi connectivity index (χ4n) is 3.77. The molecule has 6 heteroatoms. The topological polar surface area (TPSA) is 62.7 Å². The van der Waals surface area contributed by atoms with Crippen molar-refractivity contribution in [3.05, 3.63) is 65.0 Å². The molecule has 154 valence electrons. The number of carbonyl (C=O) groups excluding carboxylic acids is 2. The highest BCUT2D eigenvalue weighted by Gasteiger charge is 2.31. The molecule has 29 heavy (non-hydrogen) atoms. The second kappa shape index (κ2) is 9.65. The highest BCUT2D eigenvalue weighted by atomic mass is 16.5. The zero-order chi connectivity index (χ0) is 20.8. The van der Waals surface area contributed by atoms with Crippen molar-refractivity contribution < 1.29 is 14.3 Å². The molecule has 0 spiro atoms. The van der Waals surface area contributed by atoms with Crippen molar-refractivity contribution in [2.24, 2.45) is 0 Å². The van der Waals surface area contributed by atoms with Crippen molar-refractivity contribution in [1.29, 1.82) is 0 Å². The van der Waals surface area contributed by atoms with E-state index >= 15 is 0 Å². The molecule has 1 aromatic heterocycles. The van der Waals surface area contributed by atoms with Gasteiger partial charge in [0.1, 0.15) is 6.61 Å². The molecule has 2 heterocycles. The number of aromatic nitrogens is 1. The van der Waals surface area contributed by atoms with Crippen molar-refractivity contribution in [2.45, 2.75) is 39.3 Å². The van der Waals surface area contributed by atoms with Crippen LogP contribution in [0.4, 0.5) is 0 Å². The van der Waals surface area contributed by atoms with E-state index in [4.69, 9.17) is 4.74 Å². The van der Waals surface area contributed by atoms with Crippen LogP contribution in [-0.4, -0.2) is 59.4 Å². The Bertz CT molecular complexity index is 854. The maximum absolute atomic E-state index is 13.1. The minimum atomic E-state index is -0.0677.